The van der Waals surface area contributed by atoms with E-state index < -0.39 is 7.92 Å². The zero-order valence-electron chi connectivity index (χ0n) is 13.2. The molecule has 0 aliphatic carbocycles. The van der Waals surface area contributed by atoms with E-state index in [4.69, 9.17) is 0 Å². The number of rotatable bonds is 4. The molecule has 24 heavy (non-hydrogen) atoms. The minimum atomic E-state index is -0.497. The second kappa shape index (κ2) is 7.13. The summed E-state index contributed by atoms with van der Waals surface area (Å²) in [7, 11) is -0.497. The fourth-order valence-electron chi connectivity index (χ4n) is 2.78. The fourth-order valence-corrected chi connectivity index (χ4v) is 6.66. The second-order valence-corrected chi connectivity index (χ2v) is 8.95. The molecule has 1 aromatic heterocycles. The van der Waals surface area contributed by atoms with Crippen molar-refractivity contribution in [2.45, 2.75) is 0 Å². The molecule has 0 unspecified atom stereocenters. The summed E-state index contributed by atoms with van der Waals surface area (Å²) in [6.45, 7) is 0. The molecular formula is C22H17PS. The van der Waals surface area contributed by atoms with E-state index >= 15 is 0 Å². The Kier molecular flexibility index (Phi) is 4.55. The number of benzene rings is 3. The van der Waals surface area contributed by atoms with Crippen molar-refractivity contribution in [3.8, 4) is 11.1 Å². The predicted octanol–water partition coefficient (Wildman–Crippen LogP) is 5.17. The standard InChI is InChI=1S/C22H17PS/c1-4-10-18(11-5-1)19-16-22(24-17-19)23(20-12-6-2-7-13-20)21-14-8-3-9-15-21/h1-17H. The van der Waals surface area contributed by atoms with Crippen molar-refractivity contribution in [1.29, 1.82) is 0 Å². The Labute approximate surface area is 148 Å². The van der Waals surface area contributed by atoms with Crippen LogP contribution in [0, 0.1) is 0 Å². The Balaban J connectivity index is 1.79. The average molecular weight is 344 g/mol. The smallest absolute Gasteiger partial charge is 0.0374 e. The Morgan fingerprint density at radius 1 is 0.542 bits per heavy atom. The Morgan fingerprint density at radius 2 is 1.04 bits per heavy atom. The van der Waals surface area contributed by atoms with Crippen molar-refractivity contribution in [3.05, 3.63) is 102 Å². The van der Waals surface area contributed by atoms with Crippen molar-refractivity contribution in [2.24, 2.45) is 0 Å². The van der Waals surface area contributed by atoms with Gasteiger partial charge in [0.2, 0.25) is 0 Å². The van der Waals surface area contributed by atoms with Crippen LogP contribution in [0.3, 0.4) is 0 Å². The summed E-state index contributed by atoms with van der Waals surface area (Å²) in [5.41, 5.74) is 2.60. The summed E-state index contributed by atoms with van der Waals surface area (Å²) < 4.78 is 1.45. The first-order valence-corrected chi connectivity index (χ1v) is 10.2. The summed E-state index contributed by atoms with van der Waals surface area (Å²) >= 11 is 1.87. The van der Waals surface area contributed by atoms with E-state index in [2.05, 4.69) is 102 Å². The van der Waals surface area contributed by atoms with Crippen LogP contribution in [0.2, 0.25) is 0 Å². The first-order chi connectivity index (χ1) is 11.9. The van der Waals surface area contributed by atoms with Gasteiger partial charge in [-0.25, -0.2) is 0 Å². The van der Waals surface area contributed by atoms with Gasteiger partial charge >= 0.3 is 0 Å². The van der Waals surface area contributed by atoms with Crippen molar-refractivity contribution >= 4 is 34.5 Å². The maximum atomic E-state index is 2.37. The molecular weight excluding hydrogens is 327 g/mol. The Morgan fingerprint density at radius 3 is 1.58 bits per heavy atom. The fraction of sp³-hybridized carbons (Fsp3) is 0. The molecule has 1 heterocycles. The van der Waals surface area contributed by atoms with Crippen LogP contribution in [0.4, 0.5) is 0 Å². The monoisotopic (exact) mass is 344 g/mol. The molecule has 0 aliphatic rings. The number of hydrogen-bond donors (Lipinski definition) is 0. The highest BCUT2D eigenvalue weighted by atomic mass is 32.1. The maximum Gasteiger partial charge on any atom is 0.0374 e. The number of hydrogen-bond acceptors (Lipinski definition) is 1. The SMILES string of the molecule is c1ccc(-c2csc(P(c3ccccc3)c3ccccc3)c2)cc1. The lowest BCUT2D eigenvalue weighted by Gasteiger charge is -2.17. The van der Waals surface area contributed by atoms with Gasteiger partial charge in [0.25, 0.3) is 0 Å². The lowest BCUT2D eigenvalue weighted by Crippen LogP contribution is -2.18. The van der Waals surface area contributed by atoms with Crippen LogP contribution < -0.4 is 15.2 Å². The molecule has 0 saturated carbocycles. The van der Waals surface area contributed by atoms with Crippen LogP contribution in [-0.2, 0) is 0 Å². The van der Waals surface area contributed by atoms with Gasteiger partial charge in [0.1, 0.15) is 0 Å². The summed E-state index contributed by atoms with van der Waals surface area (Å²) in [4.78, 5) is 0. The van der Waals surface area contributed by atoms with Gasteiger partial charge in [0.15, 0.2) is 0 Å². The third-order valence-electron chi connectivity index (χ3n) is 3.94. The number of thiophene rings is 1. The lowest BCUT2D eigenvalue weighted by molar-refractivity contribution is 1.68. The topological polar surface area (TPSA) is 0 Å². The molecule has 2 heteroatoms. The zero-order chi connectivity index (χ0) is 16.2. The van der Waals surface area contributed by atoms with Crippen molar-refractivity contribution < 1.29 is 0 Å². The van der Waals surface area contributed by atoms with Gasteiger partial charge in [-0.1, -0.05) is 91.0 Å². The highest BCUT2D eigenvalue weighted by Crippen LogP contribution is 2.37. The minimum absolute atomic E-state index is 0.497. The third-order valence-corrected chi connectivity index (χ3v) is 7.74. The molecule has 0 aliphatic heterocycles. The largest absolute Gasteiger partial charge is 0.143 e. The second-order valence-electron chi connectivity index (χ2n) is 5.55. The van der Waals surface area contributed by atoms with Crippen LogP contribution >= 0.6 is 19.3 Å². The van der Waals surface area contributed by atoms with E-state index in [1.165, 1.54) is 26.4 Å². The van der Waals surface area contributed by atoms with Gasteiger partial charge < -0.3 is 0 Å². The van der Waals surface area contributed by atoms with E-state index in [1.807, 2.05) is 11.3 Å². The molecule has 116 valence electrons. The molecule has 3 aromatic carbocycles. The lowest BCUT2D eigenvalue weighted by atomic mass is 10.1. The van der Waals surface area contributed by atoms with Gasteiger partial charge in [-0.15, -0.1) is 11.3 Å². The normalized spacial score (nSPS) is 10.9. The molecule has 0 saturated heterocycles. The molecule has 4 aromatic rings. The van der Waals surface area contributed by atoms with Gasteiger partial charge in [-0.3, -0.25) is 0 Å². The molecule has 0 fully saturated rings. The van der Waals surface area contributed by atoms with Gasteiger partial charge in [0.05, 0.1) is 0 Å². The molecule has 0 bridgehead atoms. The first-order valence-electron chi connectivity index (χ1n) is 7.96. The van der Waals surface area contributed by atoms with E-state index in [0.29, 0.717) is 0 Å². The van der Waals surface area contributed by atoms with Crippen molar-refractivity contribution in [3.63, 3.8) is 0 Å². The van der Waals surface area contributed by atoms with E-state index in [1.54, 1.807) is 0 Å². The van der Waals surface area contributed by atoms with Crippen molar-refractivity contribution in [2.75, 3.05) is 0 Å². The van der Waals surface area contributed by atoms with Crippen LogP contribution in [0.25, 0.3) is 11.1 Å². The highest BCUT2D eigenvalue weighted by Gasteiger charge is 2.18. The molecule has 4 rings (SSSR count). The summed E-state index contributed by atoms with van der Waals surface area (Å²) in [5, 5.41) is 5.09. The highest BCUT2D eigenvalue weighted by molar-refractivity contribution is 7.84. The Hall–Kier alpha value is -2.21. The van der Waals surface area contributed by atoms with Gasteiger partial charge in [-0.2, -0.15) is 0 Å². The molecule has 0 nitrogen and oxygen atoms in total. The van der Waals surface area contributed by atoms with E-state index in [-0.39, 0.29) is 0 Å². The quantitative estimate of drug-likeness (QED) is 0.448. The van der Waals surface area contributed by atoms with Crippen LogP contribution in [-0.4, -0.2) is 0 Å². The summed E-state index contributed by atoms with van der Waals surface area (Å²) in [6, 6.07) is 34.7. The Bertz CT molecular complexity index is 859. The third kappa shape index (κ3) is 3.19. The van der Waals surface area contributed by atoms with Gasteiger partial charge in [0, 0.05) is 4.62 Å². The predicted molar refractivity (Wildman–Crippen MR) is 108 cm³/mol. The molecule has 0 atom stereocenters. The summed E-state index contributed by atoms with van der Waals surface area (Å²) in [5.74, 6) is 0. The average Bonchev–Trinajstić information content (AvgIpc) is 3.14. The first kappa shape index (κ1) is 15.3. The van der Waals surface area contributed by atoms with E-state index in [9.17, 15) is 0 Å². The molecule has 0 N–H and O–H groups in total. The molecule has 0 amide bonds. The minimum Gasteiger partial charge on any atom is -0.143 e. The van der Waals surface area contributed by atoms with Crippen LogP contribution in [0.15, 0.2) is 102 Å². The maximum absolute atomic E-state index is 2.37. The van der Waals surface area contributed by atoms with Crippen LogP contribution in [0.5, 0.6) is 0 Å². The van der Waals surface area contributed by atoms with Crippen LogP contribution in [0.1, 0.15) is 0 Å². The van der Waals surface area contributed by atoms with Gasteiger partial charge in [-0.05, 0) is 41.1 Å². The van der Waals surface area contributed by atoms with E-state index in [0.717, 1.165) is 0 Å². The van der Waals surface area contributed by atoms with Crippen molar-refractivity contribution in [1.82, 2.24) is 0 Å². The molecule has 0 radical (unpaired) electrons. The summed E-state index contributed by atoms with van der Waals surface area (Å²) in [6.07, 6.45) is 0. The molecule has 0 spiro atoms. The zero-order valence-corrected chi connectivity index (χ0v) is 14.9.